The first-order valence-electron chi connectivity index (χ1n) is 7.17. The lowest BCUT2D eigenvalue weighted by molar-refractivity contribution is -0.385. The molecule has 9 heteroatoms. The van der Waals surface area contributed by atoms with Gasteiger partial charge >= 0.3 is 0 Å². The second-order valence-electron chi connectivity index (χ2n) is 5.70. The van der Waals surface area contributed by atoms with Crippen LogP contribution in [0.5, 0.6) is 0 Å². The molecule has 8 nitrogen and oxygen atoms in total. The summed E-state index contributed by atoms with van der Waals surface area (Å²) in [5.41, 5.74) is 0.454. The fourth-order valence-electron chi connectivity index (χ4n) is 2.61. The minimum absolute atomic E-state index is 0.0594. The predicted molar refractivity (Wildman–Crippen MR) is 86.1 cm³/mol. The molecule has 1 saturated heterocycles. The van der Waals surface area contributed by atoms with Gasteiger partial charge in [-0.2, -0.15) is 0 Å². The quantitative estimate of drug-likeness (QED) is 0.477. The molecular weight excluding hydrogens is 322 g/mol. The Balaban J connectivity index is 2.03. The fraction of sp³-hybridized carbons (Fsp3) is 0.500. The Morgan fingerprint density at radius 2 is 2.17 bits per heavy atom. The summed E-state index contributed by atoms with van der Waals surface area (Å²) in [7, 11) is -3.17. The predicted octanol–water partition coefficient (Wildman–Crippen LogP) is 1.49. The van der Waals surface area contributed by atoms with Gasteiger partial charge in [-0.05, 0) is 31.4 Å². The van der Waals surface area contributed by atoms with E-state index in [-0.39, 0.29) is 23.0 Å². The number of carbonyl (C=O) groups is 1. The Bertz CT molecular complexity index is 732. The summed E-state index contributed by atoms with van der Waals surface area (Å²) in [5.74, 6) is -0.204. The maximum atomic E-state index is 11.5. The summed E-state index contributed by atoms with van der Waals surface area (Å²) in [6.07, 6.45) is 1.95. The van der Waals surface area contributed by atoms with Crippen LogP contribution in [0.15, 0.2) is 18.2 Å². The molecule has 0 spiro atoms. The highest BCUT2D eigenvalue weighted by Gasteiger charge is 2.28. The smallest absolute Gasteiger partial charge is 0.280 e. The fourth-order valence-corrected chi connectivity index (χ4v) is 3.53. The highest BCUT2D eigenvalue weighted by atomic mass is 32.2. The maximum Gasteiger partial charge on any atom is 0.280 e. The largest absolute Gasteiger partial charge is 0.385 e. The molecule has 126 valence electrons. The van der Waals surface area contributed by atoms with Crippen LogP contribution < -0.4 is 5.32 Å². The first kappa shape index (κ1) is 17.4. The number of nitrogens with one attached hydrogen (secondary N) is 1. The number of benzene rings is 1. The summed E-state index contributed by atoms with van der Waals surface area (Å²) in [4.78, 5) is 21.9. The van der Waals surface area contributed by atoms with E-state index in [1.807, 2.05) is 0 Å². The van der Waals surface area contributed by atoms with Crippen LogP contribution in [0, 0.1) is 16.0 Å². The Morgan fingerprint density at radius 3 is 2.70 bits per heavy atom. The lowest BCUT2D eigenvalue weighted by Gasteiger charge is -2.14. The van der Waals surface area contributed by atoms with Gasteiger partial charge in [0.1, 0.15) is 0 Å². The molecule has 1 fully saturated rings. The average molecular weight is 341 g/mol. The molecule has 1 unspecified atom stereocenters. The van der Waals surface area contributed by atoms with E-state index >= 15 is 0 Å². The van der Waals surface area contributed by atoms with Gasteiger partial charge in [0.05, 0.1) is 16.7 Å². The molecule has 1 aromatic rings. The van der Waals surface area contributed by atoms with Gasteiger partial charge in [-0.3, -0.25) is 14.9 Å². The zero-order chi connectivity index (χ0) is 17.2. The highest BCUT2D eigenvalue weighted by molar-refractivity contribution is 7.88. The van der Waals surface area contributed by atoms with Gasteiger partial charge in [0.15, 0.2) is 5.78 Å². The van der Waals surface area contributed by atoms with E-state index in [0.717, 1.165) is 6.42 Å². The summed E-state index contributed by atoms with van der Waals surface area (Å²) < 4.78 is 24.4. The van der Waals surface area contributed by atoms with Crippen molar-refractivity contribution in [2.24, 2.45) is 5.92 Å². The monoisotopic (exact) mass is 341 g/mol. The summed E-state index contributed by atoms with van der Waals surface area (Å²) >= 11 is 0. The third-order valence-corrected chi connectivity index (χ3v) is 5.15. The van der Waals surface area contributed by atoms with Crippen LogP contribution in [0.25, 0.3) is 0 Å². The van der Waals surface area contributed by atoms with Crippen molar-refractivity contribution in [2.75, 3.05) is 31.2 Å². The van der Waals surface area contributed by atoms with Crippen LogP contribution in [-0.4, -0.2) is 49.3 Å². The second-order valence-corrected chi connectivity index (χ2v) is 7.68. The Kier molecular flexibility index (Phi) is 5.00. The number of anilines is 1. The number of nitro benzene ring substituents is 1. The van der Waals surface area contributed by atoms with Gasteiger partial charge in [0, 0.05) is 31.4 Å². The molecule has 1 aliphatic rings. The molecule has 0 aliphatic carbocycles. The van der Waals surface area contributed by atoms with Gasteiger partial charge in [-0.1, -0.05) is 0 Å². The molecule has 23 heavy (non-hydrogen) atoms. The number of nitrogens with zero attached hydrogens (tertiary/aromatic N) is 2. The van der Waals surface area contributed by atoms with E-state index in [4.69, 9.17) is 0 Å². The van der Waals surface area contributed by atoms with E-state index in [9.17, 15) is 23.3 Å². The Hall–Kier alpha value is -2.00. The maximum absolute atomic E-state index is 11.5. The number of carbonyl (C=O) groups excluding carboxylic acids is 1. The minimum atomic E-state index is -3.17. The van der Waals surface area contributed by atoms with Crippen molar-refractivity contribution in [1.82, 2.24) is 4.31 Å². The number of sulfonamides is 1. The zero-order valence-corrected chi connectivity index (χ0v) is 13.8. The highest BCUT2D eigenvalue weighted by Crippen LogP contribution is 2.24. The lowest BCUT2D eigenvalue weighted by atomic mass is 10.1. The third kappa shape index (κ3) is 4.26. The van der Waals surface area contributed by atoms with Crippen LogP contribution in [-0.2, 0) is 10.0 Å². The molecule has 0 amide bonds. The molecular formula is C14H19N3O5S. The van der Waals surface area contributed by atoms with Crippen molar-refractivity contribution in [3.8, 4) is 0 Å². The van der Waals surface area contributed by atoms with E-state index in [1.165, 1.54) is 29.6 Å². The standard InChI is InChI=1S/C14H19N3O5S/c1-10(18)13-7-12(3-4-14(13)17(19)20)15-8-11-5-6-16(9-11)23(2,21)22/h3-4,7,11,15H,5-6,8-9H2,1-2H3. The van der Waals surface area contributed by atoms with Crippen LogP contribution in [0.4, 0.5) is 11.4 Å². The SMILES string of the molecule is CC(=O)c1cc(NCC2CCN(S(C)(=O)=O)C2)ccc1[N+](=O)[O-]. The average Bonchev–Trinajstić information content (AvgIpc) is 2.93. The minimum Gasteiger partial charge on any atom is -0.385 e. The van der Waals surface area contributed by atoms with Crippen LogP contribution in [0.1, 0.15) is 23.7 Å². The number of hydrogen-bond acceptors (Lipinski definition) is 6. The molecule has 1 aromatic carbocycles. The molecule has 1 heterocycles. The molecule has 1 atom stereocenters. The normalized spacial score (nSPS) is 18.8. The van der Waals surface area contributed by atoms with Gasteiger partial charge in [-0.25, -0.2) is 12.7 Å². The summed E-state index contributed by atoms with van der Waals surface area (Å²) in [6.45, 7) is 2.79. The first-order chi connectivity index (χ1) is 10.7. The summed E-state index contributed by atoms with van der Waals surface area (Å²) in [5, 5.41) is 14.0. The topological polar surface area (TPSA) is 110 Å². The van der Waals surface area contributed by atoms with Crippen molar-refractivity contribution in [1.29, 1.82) is 0 Å². The number of Topliss-reactive ketones (excluding diaryl/α,β-unsaturated/α-hetero) is 1. The third-order valence-electron chi connectivity index (χ3n) is 3.89. The molecule has 1 aliphatic heterocycles. The van der Waals surface area contributed by atoms with Crippen LogP contribution >= 0.6 is 0 Å². The molecule has 0 bridgehead atoms. The number of hydrogen-bond donors (Lipinski definition) is 1. The van der Waals surface area contributed by atoms with E-state index in [1.54, 1.807) is 6.07 Å². The Morgan fingerprint density at radius 1 is 1.48 bits per heavy atom. The molecule has 0 radical (unpaired) electrons. The number of ketones is 1. The van der Waals surface area contributed by atoms with E-state index in [0.29, 0.717) is 25.3 Å². The van der Waals surface area contributed by atoms with E-state index < -0.39 is 14.9 Å². The molecule has 0 saturated carbocycles. The number of nitro groups is 1. The van der Waals surface area contributed by atoms with Gasteiger partial charge < -0.3 is 5.32 Å². The van der Waals surface area contributed by atoms with Crippen LogP contribution in [0.3, 0.4) is 0 Å². The Labute approximate surface area is 134 Å². The lowest BCUT2D eigenvalue weighted by Crippen LogP contribution is -2.28. The van der Waals surface area contributed by atoms with Gasteiger partial charge in [0.2, 0.25) is 10.0 Å². The summed E-state index contributed by atoms with van der Waals surface area (Å²) in [6, 6.07) is 4.31. The van der Waals surface area contributed by atoms with E-state index in [2.05, 4.69) is 5.32 Å². The van der Waals surface area contributed by atoms with Crippen molar-refractivity contribution in [2.45, 2.75) is 13.3 Å². The molecule has 1 N–H and O–H groups in total. The number of rotatable bonds is 6. The zero-order valence-electron chi connectivity index (χ0n) is 13.0. The first-order valence-corrected chi connectivity index (χ1v) is 9.01. The van der Waals surface area contributed by atoms with Gasteiger partial charge in [-0.15, -0.1) is 0 Å². The second kappa shape index (κ2) is 6.63. The van der Waals surface area contributed by atoms with Crippen molar-refractivity contribution >= 4 is 27.2 Å². The molecule has 0 aromatic heterocycles. The molecule has 2 rings (SSSR count). The van der Waals surface area contributed by atoms with Gasteiger partial charge in [0.25, 0.3) is 5.69 Å². The van der Waals surface area contributed by atoms with Crippen molar-refractivity contribution in [3.63, 3.8) is 0 Å². The van der Waals surface area contributed by atoms with Crippen molar-refractivity contribution in [3.05, 3.63) is 33.9 Å². The van der Waals surface area contributed by atoms with Crippen molar-refractivity contribution < 1.29 is 18.1 Å². The van der Waals surface area contributed by atoms with Crippen LogP contribution in [0.2, 0.25) is 0 Å².